The van der Waals surface area contributed by atoms with E-state index in [2.05, 4.69) is 56.1 Å². The molecule has 21 heavy (non-hydrogen) atoms. The normalized spacial score (nSPS) is 23.5. The highest BCUT2D eigenvalue weighted by Crippen LogP contribution is 2.24. The average Bonchev–Trinajstić information content (AvgIpc) is 2.42. The maximum Gasteiger partial charge on any atom is 0.123 e. The molecule has 2 unspecified atom stereocenters. The van der Waals surface area contributed by atoms with Crippen molar-refractivity contribution >= 4 is 0 Å². The first-order valence-corrected chi connectivity index (χ1v) is 8.10. The second-order valence-electron chi connectivity index (χ2n) is 6.84. The Hall–Kier alpha value is -1.06. The van der Waals surface area contributed by atoms with Crippen LogP contribution in [0.1, 0.15) is 38.3 Å². The van der Waals surface area contributed by atoms with Crippen LogP contribution in [0.25, 0.3) is 0 Å². The molecule has 0 radical (unpaired) electrons. The van der Waals surface area contributed by atoms with Crippen LogP contribution in [-0.2, 0) is 6.54 Å². The average molecular weight is 290 g/mol. The lowest BCUT2D eigenvalue weighted by molar-refractivity contribution is 0.110. The summed E-state index contributed by atoms with van der Waals surface area (Å²) in [6.45, 7) is 12.2. The first-order chi connectivity index (χ1) is 9.99. The van der Waals surface area contributed by atoms with Crippen molar-refractivity contribution in [2.75, 3.05) is 20.2 Å². The number of rotatable bonds is 5. The highest BCUT2D eigenvalue weighted by Gasteiger charge is 2.27. The fraction of sp³-hybridized carbons (Fsp3) is 0.667. The molecule has 0 amide bonds. The van der Waals surface area contributed by atoms with Crippen molar-refractivity contribution in [3.63, 3.8) is 0 Å². The highest BCUT2D eigenvalue weighted by atomic mass is 16.5. The van der Waals surface area contributed by atoms with Crippen molar-refractivity contribution in [2.45, 2.75) is 52.7 Å². The molecular formula is C18H30N2O. The van der Waals surface area contributed by atoms with Crippen LogP contribution in [-0.4, -0.2) is 37.2 Å². The lowest BCUT2D eigenvalue weighted by Gasteiger charge is -2.40. The second kappa shape index (κ2) is 7.28. The van der Waals surface area contributed by atoms with Crippen molar-refractivity contribution in [3.8, 4) is 5.75 Å². The summed E-state index contributed by atoms with van der Waals surface area (Å²) in [5.41, 5.74) is 2.61. The number of aryl methyl sites for hydroxylation is 1. The van der Waals surface area contributed by atoms with Crippen molar-refractivity contribution in [1.29, 1.82) is 0 Å². The molecule has 2 atom stereocenters. The molecular weight excluding hydrogens is 260 g/mol. The molecule has 0 bridgehead atoms. The zero-order valence-electron chi connectivity index (χ0n) is 14.1. The van der Waals surface area contributed by atoms with Gasteiger partial charge in [0.25, 0.3) is 0 Å². The van der Waals surface area contributed by atoms with Gasteiger partial charge in [-0.15, -0.1) is 0 Å². The minimum absolute atomic E-state index is 0.559. The van der Waals surface area contributed by atoms with Crippen LogP contribution >= 0.6 is 0 Å². The second-order valence-corrected chi connectivity index (χ2v) is 6.84. The Morgan fingerprint density at radius 1 is 1.38 bits per heavy atom. The van der Waals surface area contributed by atoms with E-state index >= 15 is 0 Å². The highest BCUT2D eigenvalue weighted by molar-refractivity contribution is 5.36. The van der Waals surface area contributed by atoms with E-state index < -0.39 is 0 Å². The van der Waals surface area contributed by atoms with Crippen LogP contribution in [0.3, 0.4) is 0 Å². The molecule has 2 rings (SSSR count). The fourth-order valence-corrected chi connectivity index (χ4v) is 3.25. The van der Waals surface area contributed by atoms with Crippen molar-refractivity contribution < 1.29 is 4.74 Å². The van der Waals surface area contributed by atoms with E-state index in [9.17, 15) is 0 Å². The summed E-state index contributed by atoms with van der Waals surface area (Å²) in [6.07, 6.45) is 1.24. The summed E-state index contributed by atoms with van der Waals surface area (Å²) < 4.78 is 5.54. The molecule has 3 heteroatoms. The summed E-state index contributed by atoms with van der Waals surface area (Å²) in [7, 11) is 1.76. The van der Waals surface area contributed by atoms with Crippen molar-refractivity contribution in [1.82, 2.24) is 10.2 Å². The van der Waals surface area contributed by atoms with Crippen molar-refractivity contribution in [2.24, 2.45) is 5.92 Å². The Morgan fingerprint density at radius 3 is 2.81 bits per heavy atom. The number of hydrogen-bond acceptors (Lipinski definition) is 3. The molecule has 0 saturated carbocycles. The van der Waals surface area contributed by atoms with Gasteiger partial charge in [-0.3, -0.25) is 4.90 Å². The summed E-state index contributed by atoms with van der Waals surface area (Å²) in [4.78, 5) is 2.62. The third kappa shape index (κ3) is 4.45. The monoisotopic (exact) mass is 290 g/mol. The Balaban J connectivity index is 2.15. The lowest BCUT2D eigenvalue weighted by Crippen LogP contribution is -2.55. The third-order valence-corrected chi connectivity index (χ3v) is 4.28. The number of nitrogens with zero attached hydrogens (tertiary/aromatic N) is 1. The molecule has 1 heterocycles. The molecule has 1 N–H and O–H groups in total. The number of methoxy groups -OCH3 is 1. The number of piperazine rings is 1. The van der Waals surface area contributed by atoms with Crippen molar-refractivity contribution in [3.05, 3.63) is 29.3 Å². The Morgan fingerprint density at radius 2 is 2.14 bits per heavy atom. The molecule has 0 spiro atoms. The van der Waals surface area contributed by atoms with Crippen LogP contribution < -0.4 is 10.1 Å². The summed E-state index contributed by atoms with van der Waals surface area (Å²) in [6, 6.07) is 7.65. The van der Waals surface area contributed by atoms with Crippen LogP contribution in [0.15, 0.2) is 18.2 Å². The van der Waals surface area contributed by atoms with Crippen LogP contribution in [0.2, 0.25) is 0 Å². The van der Waals surface area contributed by atoms with Gasteiger partial charge in [0.2, 0.25) is 0 Å². The standard InChI is InChI=1S/C18H30N2O/c1-13(2)8-17-10-19-15(4)11-20(17)12-16-9-14(3)6-7-18(16)21-5/h6-7,9,13,15,17,19H,8,10-12H2,1-5H3. The Kier molecular flexibility index (Phi) is 5.65. The van der Waals surface area contributed by atoms with Gasteiger partial charge in [0.05, 0.1) is 7.11 Å². The molecule has 1 aromatic rings. The predicted molar refractivity (Wildman–Crippen MR) is 88.8 cm³/mol. The SMILES string of the molecule is COc1ccc(C)cc1CN1CC(C)NCC1CC(C)C. The quantitative estimate of drug-likeness (QED) is 0.901. The predicted octanol–water partition coefficient (Wildman–Crippen LogP) is 3.21. The Labute approximate surface area is 129 Å². The molecule has 1 fully saturated rings. The molecule has 1 aromatic carbocycles. The zero-order valence-corrected chi connectivity index (χ0v) is 14.1. The van der Waals surface area contributed by atoms with Gasteiger partial charge in [-0.2, -0.15) is 0 Å². The van der Waals surface area contributed by atoms with E-state index in [1.807, 2.05) is 0 Å². The summed E-state index contributed by atoms with van der Waals surface area (Å²) in [5.74, 6) is 1.74. The molecule has 0 aliphatic carbocycles. The topological polar surface area (TPSA) is 24.5 Å². The molecule has 0 aromatic heterocycles. The third-order valence-electron chi connectivity index (χ3n) is 4.28. The number of hydrogen-bond donors (Lipinski definition) is 1. The van der Waals surface area contributed by atoms with Gasteiger partial charge in [-0.1, -0.05) is 31.5 Å². The Bertz CT molecular complexity index is 459. The minimum Gasteiger partial charge on any atom is -0.496 e. The fourth-order valence-electron chi connectivity index (χ4n) is 3.25. The smallest absolute Gasteiger partial charge is 0.123 e. The van der Waals surface area contributed by atoms with Crippen LogP contribution in [0.5, 0.6) is 5.75 Å². The van der Waals surface area contributed by atoms with Gasteiger partial charge in [0, 0.05) is 37.3 Å². The summed E-state index contributed by atoms with van der Waals surface area (Å²) in [5, 5.41) is 3.62. The molecule has 3 nitrogen and oxygen atoms in total. The first-order valence-electron chi connectivity index (χ1n) is 8.10. The van der Waals surface area contributed by atoms with Gasteiger partial charge in [0.1, 0.15) is 5.75 Å². The maximum atomic E-state index is 5.54. The van der Waals surface area contributed by atoms with Crippen LogP contribution in [0, 0.1) is 12.8 Å². The van der Waals surface area contributed by atoms with E-state index in [-0.39, 0.29) is 0 Å². The molecule has 1 aliphatic rings. The van der Waals surface area contributed by atoms with Gasteiger partial charge >= 0.3 is 0 Å². The number of benzene rings is 1. The molecule has 1 aliphatic heterocycles. The van der Waals surface area contributed by atoms with Gasteiger partial charge in [-0.25, -0.2) is 0 Å². The van der Waals surface area contributed by atoms with E-state index in [4.69, 9.17) is 4.74 Å². The van der Waals surface area contributed by atoms with Gasteiger partial charge in [-0.05, 0) is 32.3 Å². The first kappa shape index (κ1) is 16.3. The lowest BCUT2D eigenvalue weighted by atomic mass is 9.98. The van der Waals surface area contributed by atoms with Crippen LogP contribution in [0.4, 0.5) is 0 Å². The zero-order chi connectivity index (χ0) is 15.4. The van der Waals surface area contributed by atoms with E-state index in [1.54, 1.807) is 7.11 Å². The number of nitrogens with one attached hydrogen (secondary N) is 1. The van der Waals surface area contributed by atoms with Gasteiger partial charge in [0.15, 0.2) is 0 Å². The van der Waals surface area contributed by atoms with E-state index in [0.29, 0.717) is 12.1 Å². The molecule has 1 saturated heterocycles. The number of ether oxygens (including phenoxy) is 1. The molecule has 118 valence electrons. The maximum absolute atomic E-state index is 5.54. The largest absolute Gasteiger partial charge is 0.496 e. The van der Waals surface area contributed by atoms with E-state index in [1.165, 1.54) is 17.5 Å². The summed E-state index contributed by atoms with van der Waals surface area (Å²) >= 11 is 0. The minimum atomic E-state index is 0.559. The van der Waals surface area contributed by atoms with E-state index in [0.717, 1.165) is 31.3 Å². The van der Waals surface area contributed by atoms with Gasteiger partial charge < -0.3 is 10.1 Å².